The maximum atomic E-state index is 13.0. The summed E-state index contributed by atoms with van der Waals surface area (Å²) in [4.78, 5) is 2.26. The molecule has 0 aliphatic carbocycles. The predicted molar refractivity (Wildman–Crippen MR) is 103 cm³/mol. The second-order valence-electron chi connectivity index (χ2n) is 7.18. The Bertz CT molecular complexity index is 704. The zero-order chi connectivity index (χ0) is 17.9. The summed E-state index contributed by atoms with van der Waals surface area (Å²) in [5.74, 6) is 0.151. The van der Waals surface area contributed by atoms with Crippen LogP contribution in [0.2, 0.25) is 0 Å². The van der Waals surface area contributed by atoms with Crippen molar-refractivity contribution in [3.05, 3.63) is 53.7 Å². The molecule has 1 aliphatic rings. The van der Waals surface area contributed by atoms with Gasteiger partial charge in [0.05, 0.1) is 6.54 Å². The Morgan fingerprint density at radius 1 is 1.16 bits per heavy atom. The van der Waals surface area contributed by atoms with Gasteiger partial charge in [0.25, 0.3) is 0 Å². The Kier molecular flexibility index (Phi) is 5.30. The Labute approximate surface area is 150 Å². The summed E-state index contributed by atoms with van der Waals surface area (Å²) < 4.78 is 0. The fourth-order valence-electron chi connectivity index (χ4n) is 3.87. The van der Waals surface area contributed by atoms with Crippen molar-refractivity contribution in [1.82, 2.24) is 0 Å². The van der Waals surface area contributed by atoms with Crippen LogP contribution < -0.4 is 9.96 Å². The highest BCUT2D eigenvalue weighted by Gasteiger charge is 2.38. The molecule has 0 aromatic heterocycles. The summed E-state index contributed by atoms with van der Waals surface area (Å²) >= 11 is 0. The van der Waals surface area contributed by atoms with Crippen LogP contribution in [-0.2, 0) is 0 Å². The van der Waals surface area contributed by atoms with Crippen LogP contribution in [-0.4, -0.2) is 18.2 Å². The van der Waals surface area contributed by atoms with Crippen LogP contribution in [0.25, 0.3) is 0 Å². The lowest BCUT2D eigenvalue weighted by atomic mass is 9.79. The van der Waals surface area contributed by atoms with Crippen LogP contribution in [0.1, 0.15) is 39.5 Å². The summed E-state index contributed by atoms with van der Waals surface area (Å²) in [6.45, 7) is 5.77. The van der Waals surface area contributed by atoms with E-state index in [1.165, 1.54) is 0 Å². The third-order valence-corrected chi connectivity index (χ3v) is 5.48. The molecule has 134 valence electrons. The number of hydroxylamine groups is 1. The Morgan fingerprint density at radius 2 is 1.92 bits per heavy atom. The summed E-state index contributed by atoms with van der Waals surface area (Å²) in [6, 6.07) is 15.4. The van der Waals surface area contributed by atoms with Crippen LogP contribution in [0.3, 0.4) is 0 Å². The lowest BCUT2D eigenvalue weighted by Gasteiger charge is -2.36. The van der Waals surface area contributed by atoms with Crippen LogP contribution in [0.15, 0.2) is 48.5 Å². The minimum atomic E-state index is -0.0302. The molecule has 4 nitrogen and oxygen atoms in total. The van der Waals surface area contributed by atoms with Crippen LogP contribution >= 0.6 is 0 Å². The number of benzene rings is 2. The number of nitrogens with zero attached hydrogens (tertiary/aromatic N) is 1. The standard InChI is InChI=1S/C21H28N2O2/c1-3-5-13-21(4-2)15-22(17-9-7-6-8-10-17)19-12-11-18(24)14-20(19)23(25)16-21/h6-12,14,23-24H,3-5,13,15-16H2,1-2H3. The van der Waals surface area contributed by atoms with E-state index >= 15 is 0 Å². The molecule has 0 saturated carbocycles. The highest BCUT2D eigenvalue weighted by molar-refractivity contribution is 5.73. The zero-order valence-electron chi connectivity index (χ0n) is 15.2. The van der Waals surface area contributed by atoms with Crippen LogP contribution in [0.4, 0.5) is 17.1 Å². The molecule has 2 N–H and O–H groups in total. The number of nitrogens with one attached hydrogen (secondary N) is 1. The van der Waals surface area contributed by atoms with Gasteiger partial charge in [-0.3, -0.25) is 0 Å². The normalized spacial score (nSPS) is 23.2. The number of fused-ring (bicyclic) bond motifs is 1. The van der Waals surface area contributed by atoms with Gasteiger partial charge in [-0.1, -0.05) is 44.9 Å². The molecule has 2 unspecified atom stereocenters. The van der Waals surface area contributed by atoms with Gasteiger partial charge in [-0.05, 0) is 37.1 Å². The van der Waals surface area contributed by atoms with Gasteiger partial charge >= 0.3 is 0 Å². The molecule has 4 heteroatoms. The average Bonchev–Trinajstić information content (AvgIpc) is 2.76. The number of phenolic OH excluding ortho intramolecular Hbond substituents is 1. The quantitative estimate of drug-likeness (QED) is 0.804. The minimum Gasteiger partial charge on any atom is -0.629 e. The van der Waals surface area contributed by atoms with E-state index in [-0.39, 0.29) is 16.2 Å². The van der Waals surface area contributed by atoms with Crippen molar-refractivity contribution in [3.63, 3.8) is 0 Å². The van der Waals surface area contributed by atoms with Crippen molar-refractivity contribution in [2.45, 2.75) is 39.5 Å². The summed E-state index contributed by atoms with van der Waals surface area (Å²) in [5, 5.41) is 23.1. The van der Waals surface area contributed by atoms with Gasteiger partial charge in [0.1, 0.15) is 11.4 Å². The van der Waals surface area contributed by atoms with Crippen molar-refractivity contribution in [3.8, 4) is 5.75 Å². The molecule has 0 saturated heterocycles. The van der Waals surface area contributed by atoms with Gasteiger partial charge in [0.15, 0.2) is 5.69 Å². The molecule has 0 bridgehead atoms. The fraction of sp³-hybridized carbons (Fsp3) is 0.429. The lowest BCUT2D eigenvalue weighted by Crippen LogP contribution is -3.03. The smallest absolute Gasteiger partial charge is 0.158 e. The zero-order valence-corrected chi connectivity index (χ0v) is 15.2. The maximum Gasteiger partial charge on any atom is 0.158 e. The lowest BCUT2D eigenvalue weighted by molar-refractivity contribution is -0.784. The van der Waals surface area contributed by atoms with E-state index in [4.69, 9.17) is 0 Å². The molecular formula is C21H28N2O2. The van der Waals surface area contributed by atoms with E-state index in [2.05, 4.69) is 30.9 Å². The highest BCUT2D eigenvalue weighted by Crippen LogP contribution is 2.40. The molecular weight excluding hydrogens is 312 g/mol. The van der Waals surface area contributed by atoms with Gasteiger partial charge in [0.2, 0.25) is 0 Å². The third-order valence-electron chi connectivity index (χ3n) is 5.48. The fourth-order valence-corrected chi connectivity index (χ4v) is 3.87. The molecule has 2 atom stereocenters. The van der Waals surface area contributed by atoms with Crippen LogP contribution in [0.5, 0.6) is 5.75 Å². The first-order valence-electron chi connectivity index (χ1n) is 9.27. The van der Waals surface area contributed by atoms with Gasteiger partial charge in [-0.25, -0.2) is 0 Å². The maximum absolute atomic E-state index is 13.0. The van der Waals surface area contributed by atoms with Crippen molar-refractivity contribution >= 4 is 17.1 Å². The number of hydrogen-bond donors (Lipinski definition) is 2. The number of rotatable bonds is 5. The molecule has 3 rings (SSSR count). The number of para-hydroxylation sites is 1. The average molecular weight is 340 g/mol. The SMILES string of the molecule is CCCCC1(CC)CN(c2ccccc2)c2ccc(O)cc2[NH+]([O-])C1. The number of unbranched alkanes of at least 4 members (excludes halogenated alkanes) is 1. The largest absolute Gasteiger partial charge is 0.629 e. The molecule has 2 aromatic carbocycles. The first-order chi connectivity index (χ1) is 12.1. The predicted octanol–water partition coefficient (Wildman–Crippen LogP) is 4.14. The molecule has 25 heavy (non-hydrogen) atoms. The number of phenols is 1. The number of aromatic hydroxyl groups is 1. The van der Waals surface area contributed by atoms with E-state index in [9.17, 15) is 10.3 Å². The Balaban J connectivity index is 2.10. The molecule has 0 amide bonds. The summed E-state index contributed by atoms with van der Waals surface area (Å²) in [5.41, 5.74) is 2.60. The van der Waals surface area contributed by atoms with Gasteiger partial charge in [0, 0.05) is 23.7 Å². The first-order valence-corrected chi connectivity index (χ1v) is 9.27. The van der Waals surface area contributed by atoms with E-state index in [1.54, 1.807) is 12.1 Å². The van der Waals surface area contributed by atoms with Crippen molar-refractivity contribution in [2.24, 2.45) is 5.41 Å². The minimum absolute atomic E-state index is 0.0302. The second-order valence-corrected chi connectivity index (χ2v) is 7.18. The first kappa shape index (κ1) is 17.8. The van der Waals surface area contributed by atoms with Gasteiger partial charge < -0.3 is 20.3 Å². The number of quaternary nitrogens is 1. The van der Waals surface area contributed by atoms with Gasteiger partial charge in [-0.15, -0.1) is 0 Å². The Hall–Kier alpha value is -2.04. The van der Waals surface area contributed by atoms with E-state index in [0.717, 1.165) is 43.6 Å². The number of hydrogen-bond acceptors (Lipinski definition) is 3. The Morgan fingerprint density at radius 3 is 2.60 bits per heavy atom. The van der Waals surface area contributed by atoms with E-state index in [1.807, 2.05) is 24.3 Å². The summed E-state index contributed by atoms with van der Waals surface area (Å²) in [6.07, 6.45) is 4.29. The number of anilines is 2. The molecule has 0 fully saturated rings. The monoisotopic (exact) mass is 340 g/mol. The van der Waals surface area contributed by atoms with E-state index in [0.29, 0.717) is 12.2 Å². The second kappa shape index (κ2) is 7.46. The van der Waals surface area contributed by atoms with Crippen molar-refractivity contribution in [1.29, 1.82) is 0 Å². The van der Waals surface area contributed by atoms with Crippen LogP contribution in [0, 0.1) is 10.6 Å². The van der Waals surface area contributed by atoms with Crippen molar-refractivity contribution in [2.75, 3.05) is 18.0 Å². The topological polar surface area (TPSA) is 51.0 Å². The third kappa shape index (κ3) is 3.65. The molecule has 0 spiro atoms. The van der Waals surface area contributed by atoms with Gasteiger partial charge in [-0.2, -0.15) is 0 Å². The van der Waals surface area contributed by atoms with Crippen molar-refractivity contribution < 1.29 is 10.2 Å². The van der Waals surface area contributed by atoms with E-state index < -0.39 is 0 Å². The molecule has 1 aliphatic heterocycles. The highest BCUT2D eigenvalue weighted by atomic mass is 16.5. The molecule has 1 heterocycles. The summed E-state index contributed by atoms with van der Waals surface area (Å²) in [7, 11) is 0. The molecule has 0 radical (unpaired) electrons. The molecule has 2 aromatic rings.